The number of ether oxygens (including phenoxy) is 1. The molecule has 0 spiro atoms. The lowest BCUT2D eigenvalue weighted by atomic mass is 9.77. The first-order chi connectivity index (χ1) is 13.2. The summed E-state index contributed by atoms with van der Waals surface area (Å²) >= 11 is 0.621. The van der Waals surface area contributed by atoms with Crippen molar-refractivity contribution < 1.29 is 4.74 Å². The minimum Gasteiger partial charge on any atom is -0.350 e. The molecule has 1 aliphatic heterocycles. The van der Waals surface area contributed by atoms with E-state index in [4.69, 9.17) is 16.3 Å². The topological polar surface area (TPSA) is 213 Å². The average Bonchev–Trinajstić information content (AvgIpc) is 3.13. The lowest BCUT2D eigenvalue weighted by molar-refractivity contribution is -0.0262. The van der Waals surface area contributed by atoms with Crippen molar-refractivity contribution in [2.75, 3.05) is 6.54 Å². The van der Waals surface area contributed by atoms with Gasteiger partial charge in [0.2, 0.25) is 0 Å². The van der Waals surface area contributed by atoms with Gasteiger partial charge in [-0.2, -0.15) is 14.8 Å². The van der Waals surface area contributed by atoms with Gasteiger partial charge in [-0.3, -0.25) is 19.1 Å². The molecule has 1 saturated heterocycles. The molecule has 0 saturated carbocycles. The van der Waals surface area contributed by atoms with Crippen molar-refractivity contribution in [1.82, 2.24) is 14.5 Å². The minimum absolute atomic E-state index is 0.000696. The first-order valence-electron chi connectivity index (χ1n) is 8.02. The molecule has 0 bridgehead atoms. The highest BCUT2D eigenvalue weighted by Gasteiger charge is 2.58. The van der Waals surface area contributed by atoms with E-state index in [1.807, 2.05) is 0 Å². The zero-order valence-electron chi connectivity index (χ0n) is 14.9. The van der Waals surface area contributed by atoms with Crippen molar-refractivity contribution >= 4 is 27.6 Å². The number of hydrogen-bond donors (Lipinski definition) is 3. The monoisotopic (exact) mass is 411 g/mol. The normalized spacial score (nSPS) is 25.5. The van der Waals surface area contributed by atoms with Crippen LogP contribution in [0.3, 0.4) is 0 Å². The van der Waals surface area contributed by atoms with Crippen LogP contribution in [0.2, 0.25) is 0 Å². The number of aromatic nitrogens is 3. The van der Waals surface area contributed by atoms with Gasteiger partial charge in [0.15, 0.2) is 11.9 Å². The van der Waals surface area contributed by atoms with Crippen molar-refractivity contribution in [2.45, 2.75) is 43.7 Å². The third-order valence-corrected chi connectivity index (χ3v) is 5.76. The molecule has 14 nitrogen and oxygen atoms in total. The van der Waals surface area contributed by atoms with Crippen LogP contribution in [0.5, 0.6) is 0 Å². The summed E-state index contributed by atoms with van der Waals surface area (Å²) in [5.41, 5.74) is 2.94. The largest absolute Gasteiger partial charge is 0.350 e. The second-order valence-corrected chi connectivity index (χ2v) is 7.77. The summed E-state index contributed by atoms with van der Waals surface area (Å²) in [7, 11) is 0. The van der Waals surface area contributed by atoms with Crippen molar-refractivity contribution in [3.63, 3.8) is 0 Å². The van der Waals surface area contributed by atoms with Gasteiger partial charge in [0, 0.05) is 6.42 Å². The summed E-state index contributed by atoms with van der Waals surface area (Å²) in [6, 6.07) is 0. The Morgan fingerprint density at radius 3 is 2.75 bits per heavy atom. The number of rotatable bonds is 6. The lowest BCUT2D eigenvalue weighted by Gasteiger charge is -2.38. The summed E-state index contributed by atoms with van der Waals surface area (Å²) in [4.78, 5) is 52.9. The molecule has 28 heavy (non-hydrogen) atoms. The van der Waals surface area contributed by atoms with E-state index in [1.165, 1.54) is 13.8 Å². The van der Waals surface area contributed by atoms with Gasteiger partial charge in [-0.1, -0.05) is 32.0 Å². The van der Waals surface area contributed by atoms with Crippen LogP contribution in [-0.2, 0) is 4.74 Å². The molecule has 0 aliphatic carbocycles. The fraction of sp³-hybridized carbons (Fsp3) is 0.615. The fourth-order valence-electron chi connectivity index (χ4n) is 3.17. The van der Waals surface area contributed by atoms with Gasteiger partial charge in [0.05, 0.1) is 11.6 Å². The maximum absolute atomic E-state index is 12.7. The number of nitrogens with two attached hydrogens (primary N) is 2. The van der Waals surface area contributed by atoms with Crippen LogP contribution in [0, 0.1) is 9.81 Å². The molecule has 3 heterocycles. The van der Waals surface area contributed by atoms with E-state index >= 15 is 0 Å². The number of aromatic amines is 1. The maximum Gasteiger partial charge on any atom is 0.311 e. The third-order valence-electron chi connectivity index (χ3n) is 4.82. The molecular weight excluding hydrogens is 394 g/mol. The van der Waals surface area contributed by atoms with Crippen LogP contribution in [0.4, 0.5) is 5.95 Å². The number of nitroso groups, excluding NO2 is 2. The number of thiazole rings is 1. The molecule has 0 aromatic carbocycles. The smallest absolute Gasteiger partial charge is 0.311 e. The number of nitrogens with one attached hydrogen (secondary N) is 1. The third kappa shape index (κ3) is 2.92. The number of fused-ring (bicyclic) bond motifs is 1. The molecular formula is C13H17N9O5S. The molecule has 0 amide bonds. The molecule has 0 radical (unpaired) electrons. The van der Waals surface area contributed by atoms with E-state index in [0.29, 0.717) is 11.3 Å². The second kappa shape index (κ2) is 6.92. The molecule has 1 unspecified atom stereocenters. The molecule has 15 heteroatoms. The molecule has 3 rings (SSSR count). The summed E-state index contributed by atoms with van der Waals surface area (Å²) in [6.45, 7) is 2.74. The zero-order valence-corrected chi connectivity index (χ0v) is 15.7. The van der Waals surface area contributed by atoms with Crippen LogP contribution in [0.1, 0.15) is 26.5 Å². The second-order valence-electron chi connectivity index (χ2n) is 6.81. The van der Waals surface area contributed by atoms with Crippen molar-refractivity contribution in [3.8, 4) is 0 Å². The molecule has 3 atom stereocenters. The summed E-state index contributed by atoms with van der Waals surface area (Å²) in [5.74, 6) is 4.76. The van der Waals surface area contributed by atoms with Gasteiger partial charge < -0.3 is 16.3 Å². The van der Waals surface area contributed by atoms with Gasteiger partial charge >= 0.3 is 4.87 Å². The van der Waals surface area contributed by atoms with Crippen LogP contribution in [0.25, 0.3) is 10.3 Å². The standard InChI is InChI=1S/C13H17N9O5S/c1-12(2,20-26)13(14)3-5(4-16-25)27-9(13)22-7-6(28-11(22)24)8(23)18-10(17-7)19-21-15/h5,9H,3-4,14H2,1-2H3,(H3,15,17,18,19,23)/t5?,9-,13+/m1/s1. The van der Waals surface area contributed by atoms with Gasteiger partial charge in [-0.05, 0) is 13.8 Å². The SMILES string of the molecule is CC(C)(N=O)[C@]1(N)CC(CN=O)O[C@H]1n1c(=O)sc2c(=O)[nH]c(N=NN)nc21. The Morgan fingerprint density at radius 1 is 1.43 bits per heavy atom. The summed E-state index contributed by atoms with van der Waals surface area (Å²) in [5, 5.41) is 12.4. The van der Waals surface area contributed by atoms with Crippen LogP contribution < -0.4 is 22.0 Å². The van der Waals surface area contributed by atoms with Crippen molar-refractivity contribution in [2.24, 2.45) is 32.3 Å². The predicted octanol–water partition coefficient (Wildman–Crippen LogP) is 0.400. The Balaban J connectivity index is 2.27. The molecule has 150 valence electrons. The Kier molecular flexibility index (Phi) is 4.90. The van der Waals surface area contributed by atoms with Crippen LogP contribution >= 0.6 is 11.3 Å². The van der Waals surface area contributed by atoms with E-state index < -0.39 is 33.8 Å². The lowest BCUT2D eigenvalue weighted by Crippen LogP contribution is -2.60. The highest BCUT2D eigenvalue weighted by atomic mass is 32.1. The molecule has 2 aromatic heterocycles. The highest BCUT2D eigenvalue weighted by Crippen LogP contribution is 2.45. The van der Waals surface area contributed by atoms with Gasteiger partial charge in [0.25, 0.3) is 11.5 Å². The first-order valence-corrected chi connectivity index (χ1v) is 8.84. The van der Waals surface area contributed by atoms with Crippen LogP contribution in [0.15, 0.2) is 30.3 Å². The van der Waals surface area contributed by atoms with E-state index in [0.717, 1.165) is 4.57 Å². The molecule has 5 N–H and O–H groups in total. The van der Waals surface area contributed by atoms with Gasteiger partial charge in [-0.15, -0.1) is 0 Å². The average molecular weight is 411 g/mol. The van der Waals surface area contributed by atoms with Gasteiger partial charge in [0.1, 0.15) is 16.8 Å². The molecule has 2 aromatic rings. The molecule has 1 fully saturated rings. The summed E-state index contributed by atoms with van der Waals surface area (Å²) < 4.78 is 6.86. The van der Waals surface area contributed by atoms with E-state index in [2.05, 4.69) is 30.7 Å². The number of nitrogens with zero attached hydrogens (tertiary/aromatic N) is 6. The molecule has 1 aliphatic rings. The maximum atomic E-state index is 12.7. The van der Waals surface area contributed by atoms with Crippen LogP contribution in [-0.4, -0.2) is 38.3 Å². The Labute approximate surface area is 159 Å². The van der Waals surface area contributed by atoms with Crippen molar-refractivity contribution in [1.29, 1.82) is 0 Å². The highest BCUT2D eigenvalue weighted by molar-refractivity contribution is 7.16. The number of H-pyrrole nitrogens is 1. The Bertz CT molecular complexity index is 1070. The predicted molar refractivity (Wildman–Crippen MR) is 99.2 cm³/mol. The zero-order chi connectivity index (χ0) is 20.7. The minimum atomic E-state index is -1.48. The van der Waals surface area contributed by atoms with E-state index in [-0.39, 0.29) is 29.3 Å². The quantitative estimate of drug-likeness (QED) is 0.261. The fourth-order valence-corrected chi connectivity index (χ4v) is 4.01. The van der Waals surface area contributed by atoms with Crippen molar-refractivity contribution in [3.05, 3.63) is 29.8 Å². The number of hydrogen-bond acceptors (Lipinski definition) is 12. The first kappa shape index (κ1) is 19.8. The Hall–Kier alpha value is -2.91. The summed E-state index contributed by atoms with van der Waals surface area (Å²) in [6.07, 6.45) is -1.95. The van der Waals surface area contributed by atoms with Gasteiger partial charge in [-0.25, -0.2) is 0 Å². The Morgan fingerprint density at radius 2 is 2.14 bits per heavy atom. The van der Waals surface area contributed by atoms with E-state index in [1.54, 1.807) is 0 Å². The van der Waals surface area contributed by atoms with E-state index in [9.17, 15) is 19.4 Å².